The molecule has 30 heteroatoms. The highest BCUT2D eigenvalue weighted by Gasteiger charge is 2.25. The molecule has 1 N–H and O–H groups in total. The van der Waals surface area contributed by atoms with Crippen molar-refractivity contribution < 1.29 is 0 Å². The predicted molar refractivity (Wildman–Crippen MR) is 438 cm³/mol. The van der Waals surface area contributed by atoms with E-state index in [1.54, 1.807) is 88.1 Å². The lowest BCUT2D eigenvalue weighted by molar-refractivity contribution is 0.220. The van der Waals surface area contributed by atoms with E-state index in [0.717, 1.165) is 193 Å². The maximum atomic E-state index is 12.9. The van der Waals surface area contributed by atoms with Crippen LogP contribution in [0.4, 0.5) is 0 Å². The van der Waals surface area contributed by atoms with E-state index >= 15 is 0 Å². The van der Waals surface area contributed by atoms with E-state index in [4.69, 9.17) is 0 Å². The van der Waals surface area contributed by atoms with Crippen molar-refractivity contribution in [2.45, 2.75) is 85.0 Å². The average Bonchev–Trinajstić information content (AvgIpc) is 1.53. The molecule has 14 aromatic heterocycles. The fourth-order valence-electron chi connectivity index (χ4n) is 15.6. The van der Waals surface area contributed by atoms with Gasteiger partial charge < -0.3 is 20.0 Å². The number of hydrogen-bond donors (Lipinski definition) is 1. The zero-order valence-corrected chi connectivity index (χ0v) is 65.1. The summed E-state index contributed by atoms with van der Waals surface area (Å²) in [6.07, 6.45) is 31.8. The molecule has 0 spiro atoms. The average molecular weight is 1520 g/mol. The van der Waals surface area contributed by atoms with Gasteiger partial charge in [-0.25, -0.2) is 29.0 Å². The van der Waals surface area contributed by atoms with E-state index in [1.165, 1.54) is 5.57 Å². The zero-order valence-electron chi connectivity index (χ0n) is 65.1. The summed E-state index contributed by atoms with van der Waals surface area (Å²) in [5, 5.41) is 23.0. The Kier molecular flexibility index (Phi) is 20.1. The Balaban J connectivity index is 0.000000110. The molecular weight excluding hydrogens is 1440 g/mol. The van der Waals surface area contributed by atoms with Crippen molar-refractivity contribution in [2.24, 2.45) is 14.1 Å². The number of rotatable bonds is 9. The smallest absolute Gasteiger partial charge is 0.258 e. The summed E-state index contributed by atoms with van der Waals surface area (Å²) in [6.45, 7) is 19.0. The van der Waals surface area contributed by atoms with Crippen LogP contribution in [0.2, 0.25) is 0 Å². The molecule has 0 atom stereocenters. The monoisotopic (exact) mass is 1520 g/mol. The van der Waals surface area contributed by atoms with Crippen LogP contribution in [0.5, 0.6) is 0 Å². The van der Waals surface area contributed by atoms with Gasteiger partial charge in [0.1, 0.15) is 11.4 Å². The van der Waals surface area contributed by atoms with Crippen LogP contribution in [0.1, 0.15) is 103 Å². The molecule has 2 fully saturated rings. The summed E-state index contributed by atoms with van der Waals surface area (Å²) < 4.78 is 13.6. The van der Waals surface area contributed by atoms with Gasteiger partial charge in [0.25, 0.3) is 22.2 Å². The topological polar surface area (TPSA) is 307 Å². The van der Waals surface area contributed by atoms with Gasteiger partial charge in [0.15, 0.2) is 22.6 Å². The number of nitrogens with one attached hydrogen (secondary N) is 1. The zero-order chi connectivity index (χ0) is 78.6. The molecule has 16 aromatic rings. The maximum absolute atomic E-state index is 12.9. The van der Waals surface area contributed by atoms with Gasteiger partial charge in [-0.05, 0) is 167 Å². The molecule has 20 rings (SSSR count). The van der Waals surface area contributed by atoms with Gasteiger partial charge in [-0.15, -0.1) is 0 Å². The Morgan fingerprint density at radius 1 is 0.412 bits per heavy atom. The number of hydrogen-bond acceptors (Lipinski definition) is 22. The summed E-state index contributed by atoms with van der Waals surface area (Å²) in [7, 11) is 8.05. The number of aromatic nitrogens is 22. The Labute approximate surface area is 653 Å². The first-order valence-electron chi connectivity index (χ1n) is 38.6. The molecule has 30 nitrogen and oxygen atoms in total. The summed E-state index contributed by atoms with van der Waals surface area (Å²) >= 11 is 0. The Morgan fingerprint density at radius 3 is 1.30 bits per heavy atom. The van der Waals surface area contributed by atoms with Crippen LogP contribution in [0, 0.1) is 27.7 Å². The highest BCUT2D eigenvalue weighted by atomic mass is 16.1. The van der Waals surface area contributed by atoms with Crippen molar-refractivity contribution in [1.29, 1.82) is 0 Å². The van der Waals surface area contributed by atoms with Crippen LogP contribution >= 0.6 is 0 Å². The predicted octanol–water partition coefficient (Wildman–Crippen LogP) is 9.22. The van der Waals surface area contributed by atoms with Crippen LogP contribution in [-0.2, 0) is 14.1 Å². The van der Waals surface area contributed by atoms with Crippen LogP contribution < -0.4 is 27.6 Å². The van der Waals surface area contributed by atoms with Crippen molar-refractivity contribution in [1.82, 2.24) is 126 Å². The number of piperidine rings is 2. The molecule has 0 amide bonds. The standard InChI is InChI=1S/C22H25N7O.C21H23N7O.C21H20N6O.C20H18N6O/c1-4-27-7-5-16(6-8-27)19-13-28-21(11-23-19)25-17(10-22(28)30)18-9-20-15(3)24-14(2)12-29(20)26-18;1-13-11-28-19(14(2)23-13)8-17(25-28)16-9-21(29)27-12-18(22-10-20(27)24-16)15-4-6-26(3)7-5-15;1-25-7-5-14(6-8-25)18-13-27-20(12-22-18)24-17(10-21(27)28)15-3-4-19-16(9-15)11-23-26(19)2;1-25-18-3-2-14(8-15(18)10-23-25)16-9-20(27)26-12-17(22-11-19(26)24-16)13-4-6-21-7-5-13/h9-13,16H,4-8H2,1-3H3;8-12,15H,4-7H2,1-3H3;3-5,9-13H,6-8H2,1-2H3;2-4,8-12,21H,5-7H2,1H3. The second-order valence-corrected chi connectivity index (χ2v) is 29.9. The van der Waals surface area contributed by atoms with Gasteiger partial charge in [-0.1, -0.05) is 31.2 Å². The molecular formula is C84H86N26O4. The molecule has 18 heterocycles. The van der Waals surface area contributed by atoms with E-state index < -0.39 is 0 Å². The van der Waals surface area contributed by atoms with Crippen LogP contribution in [-0.4, -0.2) is 194 Å². The second kappa shape index (κ2) is 31.0. The summed E-state index contributed by atoms with van der Waals surface area (Å²) in [5.41, 5.74) is 20.6. The third kappa shape index (κ3) is 15.1. The third-order valence-electron chi connectivity index (χ3n) is 22.1. The first-order valence-corrected chi connectivity index (χ1v) is 38.6. The summed E-state index contributed by atoms with van der Waals surface area (Å²) in [4.78, 5) is 104. The molecule has 2 saturated heterocycles. The van der Waals surface area contributed by atoms with E-state index in [0.29, 0.717) is 68.6 Å². The number of nitrogens with zero attached hydrogens (tertiary/aromatic N) is 25. The van der Waals surface area contributed by atoms with E-state index in [2.05, 4.69) is 123 Å². The van der Waals surface area contributed by atoms with Gasteiger partial charge in [-0.3, -0.25) is 76.0 Å². The molecule has 0 saturated carbocycles. The van der Waals surface area contributed by atoms with Crippen molar-refractivity contribution in [3.05, 3.63) is 246 Å². The third-order valence-corrected chi connectivity index (χ3v) is 22.1. The first kappa shape index (κ1) is 73.9. The van der Waals surface area contributed by atoms with Gasteiger partial charge in [0.2, 0.25) is 0 Å². The number of benzene rings is 2. The SMILES string of the molecule is CCN1CCC(c2cn3c(=O)cc(-c4cc5c(C)nc(C)cn5n4)nc3cn2)CC1.CN1CC=C(c2cn3c(=O)cc(-c4ccc5c(cnn5C)c4)nc3cn2)CC1.Cc1cn2nc(-c3cc(=O)n4cc(C5CCN(C)CC5)ncc4n3)cc2c(C)n1.Cn1ncc2cc(-c3cc(=O)n4cc(C5=CCNCC5)ncc4n3)ccc21. The molecule has 576 valence electrons. The highest BCUT2D eigenvalue weighted by molar-refractivity contribution is 5.85. The van der Waals surface area contributed by atoms with Crippen molar-refractivity contribution in [3.63, 3.8) is 0 Å². The largest absolute Gasteiger partial charge is 0.313 e. The Bertz CT molecular complexity index is 6760. The molecule has 0 aliphatic carbocycles. The molecule has 0 unspecified atom stereocenters. The number of fused-ring (bicyclic) bond motifs is 8. The maximum Gasteiger partial charge on any atom is 0.258 e. The number of likely N-dealkylation sites (tertiary alicyclic amines) is 2. The van der Waals surface area contributed by atoms with Crippen LogP contribution in [0.3, 0.4) is 0 Å². The second-order valence-electron chi connectivity index (χ2n) is 29.9. The minimum Gasteiger partial charge on any atom is -0.313 e. The highest BCUT2D eigenvalue weighted by Crippen LogP contribution is 2.31. The van der Waals surface area contributed by atoms with Crippen LogP contribution in [0.25, 0.3) is 112 Å². The van der Waals surface area contributed by atoms with Gasteiger partial charge in [0, 0.05) is 117 Å². The lowest BCUT2D eigenvalue weighted by atomic mass is 9.94. The van der Waals surface area contributed by atoms with Crippen molar-refractivity contribution >= 4 is 66.6 Å². The normalized spacial score (nSPS) is 15.5. The van der Waals surface area contributed by atoms with Gasteiger partial charge in [-0.2, -0.15) is 20.4 Å². The van der Waals surface area contributed by atoms with E-state index in [9.17, 15) is 19.2 Å². The minimum absolute atomic E-state index is 0.108. The molecule has 0 bridgehead atoms. The quantitative estimate of drug-likeness (QED) is 0.141. The van der Waals surface area contributed by atoms with E-state index in [-0.39, 0.29) is 22.2 Å². The number of likely N-dealkylation sites (N-methyl/N-ethyl adjacent to an activating group) is 1. The summed E-state index contributed by atoms with van der Waals surface area (Å²) in [5.74, 6) is 0.778. The van der Waals surface area contributed by atoms with E-state index in [1.807, 2.05) is 137 Å². The fraction of sp³-hybridized carbons (Fsp3) is 0.310. The van der Waals surface area contributed by atoms with Crippen molar-refractivity contribution in [2.75, 3.05) is 73.0 Å². The molecule has 2 aromatic carbocycles. The first-order chi connectivity index (χ1) is 55.3. The lowest BCUT2D eigenvalue weighted by Gasteiger charge is -2.30. The van der Waals surface area contributed by atoms with Gasteiger partial charge in [0.05, 0.1) is 140 Å². The summed E-state index contributed by atoms with van der Waals surface area (Å²) in [6, 6.07) is 22.0. The van der Waals surface area contributed by atoms with Gasteiger partial charge >= 0.3 is 0 Å². The fourth-order valence-corrected chi connectivity index (χ4v) is 15.6. The molecule has 4 aliphatic rings. The lowest BCUT2D eigenvalue weighted by Crippen LogP contribution is -2.33. The minimum atomic E-state index is -0.121. The Morgan fingerprint density at radius 2 is 0.851 bits per heavy atom. The van der Waals surface area contributed by atoms with Crippen LogP contribution in [0.15, 0.2) is 178 Å². The molecule has 114 heavy (non-hydrogen) atoms. The Hall–Kier alpha value is -12.9. The van der Waals surface area contributed by atoms with Crippen molar-refractivity contribution in [3.8, 4) is 45.3 Å². The number of aryl methyl sites for hydroxylation is 6. The molecule has 0 radical (unpaired) electrons. The molecule has 4 aliphatic heterocycles.